The number of fused-ring (bicyclic) bond motifs is 5. The molecule has 63 heavy (non-hydrogen) atoms. The van der Waals surface area contributed by atoms with Crippen molar-refractivity contribution in [1.29, 1.82) is 0 Å². The Balaban J connectivity index is 1.06. The average Bonchev–Trinajstić information content (AvgIpc) is 3.63. The standard InChI is InChI=1S/C45H52N8O9S/c1-5-45(59)31-20-35-39-29(23-53(35)42(57)30(31)24-62-43(45)58)27-13-11-14-28-32(17-18-33(49-39)37(27)28)50-40(55)34(15-9-10-19-46)51-41(56)38(25(2)3)52-36(54)16-8-6-7-12-26-21-47-44(48-22-26)63(4,60)61/h17-18,20-22,25,34,38,59H,5-6,8-11,13-16,19,23-24,46H2,1-4H3,(H,50,55)(H,51,56)(H,52,54)/t34-,38-,45-/m0/s1. The normalized spacial score (nSPS) is 17.1. The van der Waals surface area contributed by atoms with Crippen molar-refractivity contribution in [2.24, 2.45) is 11.7 Å². The number of aliphatic hydroxyl groups is 1. The number of pyridine rings is 2. The summed E-state index contributed by atoms with van der Waals surface area (Å²) in [5, 5.41) is 20.7. The molecule has 0 radical (unpaired) electrons. The number of anilines is 1. The third-order valence-corrected chi connectivity index (χ3v) is 12.8. The minimum atomic E-state index is -3.52. The van der Waals surface area contributed by atoms with Gasteiger partial charge in [-0.3, -0.25) is 19.2 Å². The Morgan fingerprint density at radius 2 is 1.76 bits per heavy atom. The van der Waals surface area contributed by atoms with Gasteiger partial charge in [0.1, 0.15) is 18.7 Å². The molecule has 6 N–H and O–H groups in total. The highest BCUT2D eigenvalue weighted by Gasteiger charge is 2.45. The van der Waals surface area contributed by atoms with E-state index in [9.17, 15) is 37.5 Å². The number of nitrogens with zero attached hydrogens (tertiary/aromatic N) is 4. The zero-order valence-electron chi connectivity index (χ0n) is 35.8. The first-order chi connectivity index (χ1) is 30.0. The molecule has 0 spiro atoms. The van der Waals surface area contributed by atoms with Crippen molar-refractivity contribution < 1.29 is 37.4 Å². The third kappa shape index (κ3) is 9.08. The fourth-order valence-electron chi connectivity index (χ4n) is 8.53. The van der Waals surface area contributed by atoms with Crippen LogP contribution in [0.15, 0.2) is 40.5 Å². The molecule has 1 aromatic carbocycles. The number of aromatic nitrogens is 4. The Hall–Kier alpha value is -6.03. The van der Waals surface area contributed by atoms with Gasteiger partial charge >= 0.3 is 5.97 Å². The number of benzene rings is 1. The van der Waals surface area contributed by atoms with Gasteiger partial charge in [0.05, 0.1) is 34.6 Å². The predicted molar refractivity (Wildman–Crippen MR) is 233 cm³/mol. The Bertz CT molecular complexity index is 2740. The van der Waals surface area contributed by atoms with Crippen LogP contribution in [0.4, 0.5) is 5.69 Å². The number of hydrogen-bond acceptors (Lipinski definition) is 13. The van der Waals surface area contributed by atoms with Crippen molar-refractivity contribution >= 4 is 50.1 Å². The number of rotatable bonds is 15. The number of unbranched alkanes of at least 4 members (excludes halogenated alkanes) is 2. The zero-order chi connectivity index (χ0) is 45.2. The van der Waals surface area contributed by atoms with Crippen molar-refractivity contribution in [1.82, 2.24) is 30.2 Å². The topological polar surface area (TPSA) is 255 Å². The number of amides is 3. The van der Waals surface area contributed by atoms with E-state index >= 15 is 0 Å². The highest BCUT2D eigenvalue weighted by molar-refractivity contribution is 7.90. The van der Waals surface area contributed by atoms with Gasteiger partial charge in [-0.15, -0.1) is 0 Å². The molecule has 0 unspecified atom stereocenters. The van der Waals surface area contributed by atoms with Crippen LogP contribution in [0.3, 0.4) is 0 Å². The van der Waals surface area contributed by atoms with E-state index in [1.165, 1.54) is 12.4 Å². The lowest BCUT2D eigenvalue weighted by Crippen LogP contribution is -2.54. The van der Waals surface area contributed by atoms with Gasteiger partial charge in [0, 0.05) is 53.7 Å². The molecule has 3 amide bonds. The van der Waals surface area contributed by atoms with Gasteiger partial charge in [-0.05, 0) is 93.2 Å². The molecule has 5 heterocycles. The maximum Gasteiger partial charge on any atom is 0.343 e. The van der Waals surface area contributed by atoms with Crippen LogP contribution in [0.5, 0.6) is 0 Å². The smallest absolute Gasteiger partial charge is 0.343 e. The fraction of sp³-hybridized carbons (Fsp3) is 0.467. The number of aryl methyl sites for hydroxylation is 2. The van der Waals surface area contributed by atoms with Gasteiger partial charge in [0.25, 0.3) is 5.56 Å². The lowest BCUT2D eigenvalue weighted by atomic mass is 9.85. The quantitative estimate of drug-likeness (QED) is 0.0440. The van der Waals surface area contributed by atoms with E-state index in [1.54, 1.807) is 23.6 Å². The lowest BCUT2D eigenvalue weighted by Gasteiger charge is -2.31. The van der Waals surface area contributed by atoms with E-state index < -0.39 is 45.3 Å². The van der Waals surface area contributed by atoms with Crippen molar-refractivity contribution in [3.05, 3.63) is 74.3 Å². The number of ether oxygens (including phenoxy) is 1. The minimum Gasteiger partial charge on any atom is -0.458 e. The second-order valence-corrected chi connectivity index (χ2v) is 18.6. The minimum absolute atomic E-state index is 0.0430. The van der Waals surface area contributed by atoms with E-state index in [4.69, 9.17) is 15.5 Å². The SMILES string of the molecule is CC[C@@]1(O)C(=O)OCc2c1cc1n(c2=O)Cc2c-1nc1ccc(NC(=O)[C@H](CCCCN)NC(=O)[C@@H](NC(=O)CCCC#Cc3cnc(S(C)(=O)=O)nc3)C(C)C)c3c1c2CCC3. The summed E-state index contributed by atoms with van der Waals surface area (Å²) in [7, 11) is -3.52. The van der Waals surface area contributed by atoms with Crippen LogP contribution in [-0.2, 0) is 65.3 Å². The summed E-state index contributed by atoms with van der Waals surface area (Å²) in [5.74, 6) is 3.45. The predicted octanol–water partition coefficient (Wildman–Crippen LogP) is 2.68. The summed E-state index contributed by atoms with van der Waals surface area (Å²) in [6.45, 7) is 5.75. The first-order valence-corrected chi connectivity index (χ1v) is 23.2. The second-order valence-electron chi connectivity index (χ2n) is 16.7. The number of nitrogens with two attached hydrogens (primary N) is 1. The molecule has 2 aliphatic heterocycles. The molecule has 0 fully saturated rings. The first kappa shape index (κ1) is 45.0. The summed E-state index contributed by atoms with van der Waals surface area (Å²) < 4.78 is 30.0. The number of esters is 1. The van der Waals surface area contributed by atoms with Gasteiger partial charge in [0.2, 0.25) is 32.7 Å². The summed E-state index contributed by atoms with van der Waals surface area (Å²) in [6.07, 6.45) is 8.26. The van der Waals surface area contributed by atoms with Gasteiger partial charge < -0.3 is 36.1 Å². The maximum atomic E-state index is 14.1. The highest BCUT2D eigenvalue weighted by atomic mass is 32.2. The van der Waals surface area contributed by atoms with E-state index in [1.807, 2.05) is 19.9 Å². The van der Waals surface area contributed by atoms with Crippen LogP contribution in [0.25, 0.3) is 22.3 Å². The monoisotopic (exact) mass is 880 g/mol. The summed E-state index contributed by atoms with van der Waals surface area (Å²) in [5.41, 5.74) is 9.70. The average molecular weight is 881 g/mol. The van der Waals surface area contributed by atoms with Crippen molar-refractivity contribution in [2.75, 3.05) is 18.1 Å². The van der Waals surface area contributed by atoms with Crippen LogP contribution >= 0.6 is 0 Å². The Labute approximate surface area is 364 Å². The molecule has 0 saturated heterocycles. The summed E-state index contributed by atoms with van der Waals surface area (Å²) >= 11 is 0. The van der Waals surface area contributed by atoms with Crippen LogP contribution < -0.4 is 27.2 Å². The van der Waals surface area contributed by atoms with Crippen LogP contribution in [0, 0.1) is 17.8 Å². The van der Waals surface area contributed by atoms with Gasteiger partial charge in [-0.25, -0.2) is 28.2 Å². The largest absolute Gasteiger partial charge is 0.458 e. The van der Waals surface area contributed by atoms with Gasteiger partial charge in [-0.2, -0.15) is 0 Å². The molecule has 17 nitrogen and oxygen atoms in total. The highest BCUT2D eigenvalue weighted by Crippen LogP contribution is 2.43. The van der Waals surface area contributed by atoms with Crippen molar-refractivity contribution in [2.45, 2.75) is 121 Å². The first-order valence-electron chi connectivity index (χ1n) is 21.3. The molecule has 3 aliphatic rings. The second kappa shape index (κ2) is 18.4. The van der Waals surface area contributed by atoms with E-state index in [2.05, 4.69) is 37.8 Å². The van der Waals surface area contributed by atoms with E-state index in [-0.39, 0.29) is 59.7 Å². The van der Waals surface area contributed by atoms with Crippen molar-refractivity contribution in [3.63, 3.8) is 0 Å². The Morgan fingerprint density at radius 3 is 2.46 bits per heavy atom. The molecular weight excluding hydrogens is 829 g/mol. The van der Waals surface area contributed by atoms with Crippen LogP contribution in [0.1, 0.15) is 106 Å². The third-order valence-electron chi connectivity index (χ3n) is 11.9. The molecule has 0 saturated carbocycles. The van der Waals surface area contributed by atoms with Gasteiger partial charge in [0.15, 0.2) is 5.60 Å². The summed E-state index contributed by atoms with van der Waals surface area (Å²) in [4.78, 5) is 80.1. The molecule has 0 bridgehead atoms. The number of sulfone groups is 1. The van der Waals surface area contributed by atoms with Crippen LogP contribution in [-0.4, -0.2) is 81.6 Å². The summed E-state index contributed by atoms with van der Waals surface area (Å²) in [6, 6.07) is 3.48. The molecule has 7 rings (SSSR count). The van der Waals surface area contributed by atoms with E-state index in [0.29, 0.717) is 73.2 Å². The molecule has 332 valence electrons. The van der Waals surface area contributed by atoms with Crippen LogP contribution in [0.2, 0.25) is 0 Å². The maximum absolute atomic E-state index is 14.1. The van der Waals surface area contributed by atoms with Gasteiger partial charge in [-0.1, -0.05) is 32.6 Å². The van der Waals surface area contributed by atoms with E-state index in [0.717, 1.165) is 41.2 Å². The molecular formula is C45H52N8O9S. The molecule has 3 aromatic heterocycles. The molecule has 3 atom stereocenters. The molecule has 4 aromatic rings. The Kier molecular flexibility index (Phi) is 13.1. The number of carbonyl (C=O) groups excluding carboxylic acids is 4. The Morgan fingerprint density at radius 1 is 1.02 bits per heavy atom. The molecule has 1 aliphatic carbocycles. The number of nitrogens with one attached hydrogen (secondary N) is 3. The fourth-order valence-corrected chi connectivity index (χ4v) is 9.02. The molecule has 18 heteroatoms. The number of hydrogen-bond donors (Lipinski definition) is 5. The lowest BCUT2D eigenvalue weighted by molar-refractivity contribution is -0.172. The zero-order valence-corrected chi connectivity index (χ0v) is 36.6. The number of cyclic esters (lactones) is 1. The van der Waals surface area contributed by atoms with Crippen molar-refractivity contribution in [3.8, 4) is 23.2 Å². The number of carbonyl (C=O) groups is 4.